The number of rotatable bonds is 5. The molecule has 0 radical (unpaired) electrons. The summed E-state index contributed by atoms with van der Waals surface area (Å²) in [7, 11) is 2.10. The van der Waals surface area contributed by atoms with Gasteiger partial charge >= 0.3 is 0 Å². The number of nitrogen functional groups attached to an aromatic ring is 1. The molecule has 1 aromatic heterocycles. The second kappa shape index (κ2) is 6.37. The molecule has 0 aliphatic carbocycles. The molecule has 2 aromatic rings. The molecule has 0 saturated carbocycles. The highest BCUT2D eigenvalue weighted by Crippen LogP contribution is 2.35. The lowest BCUT2D eigenvalue weighted by Crippen LogP contribution is -2.26. The van der Waals surface area contributed by atoms with E-state index in [1.807, 2.05) is 24.4 Å². The Kier molecular flexibility index (Phi) is 4.80. The summed E-state index contributed by atoms with van der Waals surface area (Å²) in [6.45, 7) is 3.16. The zero-order chi connectivity index (χ0) is 13.8. The summed E-state index contributed by atoms with van der Waals surface area (Å²) in [6, 6.07) is 8.06. The van der Waals surface area contributed by atoms with Gasteiger partial charge in [-0.05, 0) is 31.6 Å². The van der Waals surface area contributed by atoms with Gasteiger partial charge in [0.15, 0.2) is 5.13 Å². The molecule has 1 heterocycles. The minimum Gasteiger partial charge on any atom is -0.375 e. The minimum absolute atomic E-state index is 0.114. The highest BCUT2D eigenvalue weighted by molar-refractivity contribution is 7.15. The number of halogens is 1. The van der Waals surface area contributed by atoms with Crippen molar-refractivity contribution in [1.29, 1.82) is 0 Å². The largest absolute Gasteiger partial charge is 0.375 e. The van der Waals surface area contributed by atoms with Gasteiger partial charge in [0.05, 0.1) is 6.04 Å². The molecule has 0 aliphatic heterocycles. The molecule has 19 heavy (non-hydrogen) atoms. The Morgan fingerprint density at radius 1 is 1.42 bits per heavy atom. The molecule has 0 aliphatic rings. The van der Waals surface area contributed by atoms with Crippen LogP contribution in [0, 0.1) is 0 Å². The van der Waals surface area contributed by atoms with E-state index in [0.29, 0.717) is 5.13 Å². The van der Waals surface area contributed by atoms with E-state index in [4.69, 9.17) is 17.3 Å². The zero-order valence-corrected chi connectivity index (χ0v) is 12.7. The Balaban J connectivity index is 2.43. The average molecular weight is 296 g/mol. The number of hydrogen-bond acceptors (Lipinski definition) is 4. The van der Waals surface area contributed by atoms with E-state index in [1.54, 1.807) is 0 Å². The number of anilines is 1. The fraction of sp³-hybridized carbons (Fsp3) is 0.357. The van der Waals surface area contributed by atoms with Gasteiger partial charge in [0.2, 0.25) is 0 Å². The van der Waals surface area contributed by atoms with Gasteiger partial charge in [-0.25, -0.2) is 4.98 Å². The third-order valence-corrected chi connectivity index (χ3v) is 4.25. The van der Waals surface area contributed by atoms with E-state index in [1.165, 1.54) is 11.3 Å². The van der Waals surface area contributed by atoms with Gasteiger partial charge in [-0.1, -0.05) is 36.7 Å². The van der Waals surface area contributed by atoms with Crippen LogP contribution in [0.5, 0.6) is 0 Å². The maximum absolute atomic E-state index is 6.35. The Morgan fingerprint density at radius 3 is 2.74 bits per heavy atom. The molecule has 1 aromatic carbocycles. The number of hydrogen-bond donors (Lipinski definition) is 1. The van der Waals surface area contributed by atoms with Gasteiger partial charge in [-0.15, -0.1) is 11.3 Å². The fourth-order valence-corrected chi connectivity index (χ4v) is 3.32. The van der Waals surface area contributed by atoms with Crippen molar-refractivity contribution in [1.82, 2.24) is 9.88 Å². The summed E-state index contributed by atoms with van der Waals surface area (Å²) in [5, 5.41) is 1.37. The summed E-state index contributed by atoms with van der Waals surface area (Å²) in [6.07, 6.45) is 2.94. The van der Waals surface area contributed by atoms with E-state index in [-0.39, 0.29) is 6.04 Å². The average Bonchev–Trinajstić information content (AvgIpc) is 2.79. The van der Waals surface area contributed by atoms with Crippen molar-refractivity contribution in [3.8, 4) is 0 Å². The van der Waals surface area contributed by atoms with Gasteiger partial charge in [0.1, 0.15) is 0 Å². The van der Waals surface area contributed by atoms with Crippen LogP contribution in [-0.2, 0) is 0 Å². The molecule has 5 heteroatoms. The van der Waals surface area contributed by atoms with Crippen molar-refractivity contribution in [2.45, 2.75) is 19.4 Å². The van der Waals surface area contributed by atoms with Gasteiger partial charge in [0.25, 0.3) is 0 Å². The Labute approximate surface area is 123 Å². The molecule has 1 unspecified atom stereocenters. The molecule has 0 saturated heterocycles. The first-order chi connectivity index (χ1) is 9.13. The van der Waals surface area contributed by atoms with E-state index < -0.39 is 0 Å². The monoisotopic (exact) mass is 295 g/mol. The van der Waals surface area contributed by atoms with Crippen LogP contribution in [0.1, 0.15) is 29.8 Å². The standard InChI is InChI=1S/C14H18ClN3S/c1-3-8-18(2)13(12-9-17-14(16)19-12)10-6-4-5-7-11(10)15/h4-7,9,13H,3,8H2,1-2H3,(H2,16,17). The molecular weight excluding hydrogens is 278 g/mol. The molecule has 0 bridgehead atoms. The van der Waals surface area contributed by atoms with E-state index in [0.717, 1.165) is 28.4 Å². The van der Waals surface area contributed by atoms with Crippen molar-refractivity contribution in [2.24, 2.45) is 0 Å². The predicted molar refractivity (Wildman–Crippen MR) is 82.7 cm³/mol. The zero-order valence-electron chi connectivity index (χ0n) is 11.1. The lowest BCUT2D eigenvalue weighted by Gasteiger charge is -2.27. The number of thiazole rings is 1. The first-order valence-electron chi connectivity index (χ1n) is 6.29. The van der Waals surface area contributed by atoms with Crippen LogP contribution in [0.2, 0.25) is 5.02 Å². The summed E-state index contributed by atoms with van der Waals surface area (Å²) >= 11 is 7.87. The van der Waals surface area contributed by atoms with Crippen LogP contribution in [-0.4, -0.2) is 23.5 Å². The van der Waals surface area contributed by atoms with Crippen LogP contribution in [0.15, 0.2) is 30.5 Å². The lowest BCUT2D eigenvalue weighted by atomic mass is 10.0. The number of aromatic nitrogens is 1. The molecule has 0 fully saturated rings. The number of nitrogens with zero attached hydrogens (tertiary/aromatic N) is 2. The van der Waals surface area contributed by atoms with Crippen LogP contribution in [0.4, 0.5) is 5.13 Å². The van der Waals surface area contributed by atoms with Crippen LogP contribution >= 0.6 is 22.9 Å². The summed E-state index contributed by atoms with van der Waals surface area (Å²) in [5.74, 6) is 0. The van der Waals surface area contributed by atoms with E-state index in [2.05, 4.69) is 29.9 Å². The molecule has 102 valence electrons. The van der Waals surface area contributed by atoms with E-state index in [9.17, 15) is 0 Å². The summed E-state index contributed by atoms with van der Waals surface area (Å²) in [4.78, 5) is 7.57. The number of benzene rings is 1. The van der Waals surface area contributed by atoms with Crippen molar-refractivity contribution in [2.75, 3.05) is 19.3 Å². The Morgan fingerprint density at radius 2 is 2.16 bits per heavy atom. The van der Waals surface area contributed by atoms with Crippen molar-refractivity contribution in [3.05, 3.63) is 45.9 Å². The fourth-order valence-electron chi connectivity index (χ4n) is 2.21. The first kappa shape index (κ1) is 14.3. The van der Waals surface area contributed by atoms with E-state index >= 15 is 0 Å². The molecule has 2 N–H and O–H groups in total. The highest BCUT2D eigenvalue weighted by atomic mass is 35.5. The van der Waals surface area contributed by atoms with Crippen LogP contribution < -0.4 is 5.73 Å². The minimum atomic E-state index is 0.114. The summed E-state index contributed by atoms with van der Waals surface area (Å²) in [5.41, 5.74) is 6.86. The Bertz CT molecular complexity index is 541. The lowest BCUT2D eigenvalue weighted by molar-refractivity contribution is 0.282. The third kappa shape index (κ3) is 3.26. The van der Waals surface area contributed by atoms with Gasteiger partial charge in [0, 0.05) is 16.1 Å². The topological polar surface area (TPSA) is 42.2 Å². The number of nitrogens with two attached hydrogens (primary N) is 1. The Hall–Kier alpha value is -1.10. The molecule has 2 rings (SSSR count). The van der Waals surface area contributed by atoms with Gasteiger partial charge in [-0.2, -0.15) is 0 Å². The molecule has 1 atom stereocenters. The van der Waals surface area contributed by atoms with Crippen LogP contribution in [0.3, 0.4) is 0 Å². The predicted octanol–water partition coefficient (Wildman–Crippen LogP) is 3.81. The molecular formula is C14H18ClN3S. The van der Waals surface area contributed by atoms with Crippen molar-refractivity contribution < 1.29 is 0 Å². The first-order valence-corrected chi connectivity index (χ1v) is 7.48. The summed E-state index contributed by atoms with van der Waals surface area (Å²) < 4.78 is 0. The second-order valence-corrected chi connectivity index (χ2v) is 6.01. The smallest absolute Gasteiger partial charge is 0.180 e. The maximum atomic E-state index is 6.35. The van der Waals surface area contributed by atoms with Gasteiger partial charge in [-0.3, -0.25) is 4.90 Å². The molecule has 0 spiro atoms. The van der Waals surface area contributed by atoms with Gasteiger partial charge < -0.3 is 5.73 Å². The van der Waals surface area contributed by atoms with Crippen molar-refractivity contribution >= 4 is 28.1 Å². The third-order valence-electron chi connectivity index (χ3n) is 3.03. The molecule has 0 amide bonds. The van der Waals surface area contributed by atoms with Crippen LogP contribution in [0.25, 0.3) is 0 Å². The molecule has 3 nitrogen and oxygen atoms in total. The van der Waals surface area contributed by atoms with Crippen molar-refractivity contribution in [3.63, 3.8) is 0 Å². The SMILES string of the molecule is CCCN(C)C(c1cnc(N)s1)c1ccccc1Cl. The highest BCUT2D eigenvalue weighted by Gasteiger charge is 2.23. The quantitative estimate of drug-likeness (QED) is 0.912. The normalized spacial score (nSPS) is 12.8. The second-order valence-electron chi connectivity index (χ2n) is 4.51. The maximum Gasteiger partial charge on any atom is 0.180 e.